The Morgan fingerprint density at radius 3 is 2.42 bits per heavy atom. The van der Waals surface area contributed by atoms with Crippen LogP contribution in [0.2, 0.25) is 0 Å². The van der Waals surface area contributed by atoms with Crippen LogP contribution in [0.15, 0.2) is 60.8 Å². The molecule has 2 aliphatic rings. The Bertz CT molecular complexity index is 1280. The average molecular weight is 527 g/mol. The first-order valence-electron chi connectivity index (χ1n) is 13.0. The Kier molecular flexibility index (Phi) is 7.52. The molecule has 1 heterocycles. The largest absolute Gasteiger partial charge is 0.376 e. The minimum Gasteiger partial charge on any atom is -0.376 e. The van der Waals surface area contributed by atoms with Crippen LogP contribution >= 0.6 is 0 Å². The van der Waals surface area contributed by atoms with Crippen molar-refractivity contribution in [3.05, 3.63) is 83.7 Å². The van der Waals surface area contributed by atoms with Gasteiger partial charge in [-0.2, -0.15) is 0 Å². The summed E-state index contributed by atoms with van der Waals surface area (Å²) in [5.74, 6) is -4.63. The molecule has 1 amide bonds. The summed E-state index contributed by atoms with van der Waals surface area (Å²) in [7, 11) is 0. The van der Waals surface area contributed by atoms with E-state index in [-0.39, 0.29) is 66.2 Å². The van der Waals surface area contributed by atoms with Crippen molar-refractivity contribution in [1.29, 1.82) is 0 Å². The molecule has 2 fully saturated rings. The molecule has 1 aromatic heterocycles. The summed E-state index contributed by atoms with van der Waals surface area (Å²) in [5.41, 5.74) is 1.73. The Morgan fingerprint density at radius 1 is 0.974 bits per heavy atom. The smallest absolute Gasteiger partial charge is 0.248 e. The molecule has 0 spiro atoms. The van der Waals surface area contributed by atoms with E-state index in [1.54, 1.807) is 0 Å². The predicted octanol–water partition coefficient (Wildman–Crippen LogP) is 7.65. The van der Waals surface area contributed by atoms with Gasteiger partial charge in [0, 0.05) is 47.9 Å². The molecule has 0 radical (unpaired) electrons. The molecule has 0 unspecified atom stereocenters. The predicted molar refractivity (Wildman–Crippen MR) is 137 cm³/mol. The number of halogens is 4. The van der Waals surface area contributed by atoms with Crippen molar-refractivity contribution in [3.63, 3.8) is 0 Å². The second-order valence-corrected chi connectivity index (χ2v) is 10.6. The summed E-state index contributed by atoms with van der Waals surface area (Å²) in [5, 5.41) is 2.91. The third-order valence-electron chi connectivity index (χ3n) is 7.58. The quantitative estimate of drug-likeness (QED) is 0.292. The highest BCUT2D eigenvalue weighted by atomic mass is 19.3. The number of hydrogen-bond acceptors (Lipinski definition) is 3. The number of carbonyl (C=O) groups excluding carboxylic acids is 1. The van der Waals surface area contributed by atoms with E-state index in [0.29, 0.717) is 18.9 Å². The molecule has 5 rings (SSSR count). The first kappa shape index (κ1) is 26.4. The van der Waals surface area contributed by atoms with Crippen LogP contribution in [0.5, 0.6) is 0 Å². The van der Waals surface area contributed by atoms with E-state index in [1.165, 1.54) is 12.3 Å². The van der Waals surface area contributed by atoms with Crippen molar-refractivity contribution in [2.75, 3.05) is 11.9 Å². The van der Waals surface area contributed by atoms with E-state index in [0.717, 1.165) is 36.6 Å². The second-order valence-electron chi connectivity index (χ2n) is 10.6. The van der Waals surface area contributed by atoms with Crippen LogP contribution in [-0.2, 0) is 16.1 Å². The van der Waals surface area contributed by atoms with Gasteiger partial charge in [-0.25, -0.2) is 17.6 Å². The van der Waals surface area contributed by atoms with Gasteiger partial charge in [0.15, 0.2) is 0 Å². The number of aromatic nitrogens is 1. The highest BCUT2D eigenvalue weighted by molar-refractivity contribution is 5.97. The van der Waals surface area contributed by atoms with Crippen LogP contribution in [0.1, 0.15) is 62.1 Å². The lowest BCUT2D eigenvalue weighted by Gasteiger charge is -2.29. The first-order chi connectivity index (χ1) is 18.2. The number of hydrogen-bond donors (Lipinski definition) is 1. The molecular formula is C30H30F4N2O2. The van der Waals surface area contributed by atoms with Gasteiger partial charge in [-0.3, -0.25) is 9.78 Å². The van der Waals surface area contributed by atoms with Crippen molar-refractivity contribution in [3.8, 4) is 11.1 Å². The molecule has 4 nitrogen and oxygen atoms in total. The first-order valence-corrected chi connectivity index (χ1v) is 13.0. The molecule has 8 heteroatoms. The van der Waals surface area contributed by atoms with Crippen molar-refractivity contribution < 1.29 is 27.1 Å². The van der Waals surface area contributed by atoms with Crippen LogP contribution in [0.25, 0.3) is 11.1 Å². The Hall–Kier alpha value is -3.26. The number of pyridine rings is 1. The molecule has 38 heavy (non-hydrogen) atoms. The standard InChI is InChI=1S/C30H30F4N2O2/c31-22-6-7-25(32)24(16-22)23-10-15-35-27(21-8-11-30(33,34)12-9-21)28(23)36-26(37)17-29(13-14-29)19-38-18-20-4-2-1-3-5-20/h1-7,10,15-16,21H,8-9,11-14,17-19H2,(H,36,37). The Labute approximate surface area is 219 Å². The van der Waals surface area contributed by atoms with Crippen LogP contribution in [-0.4, -0.2) is 23.4 Å². The monoisotopic (exact) mass is 526 g/mol. The molecule has 200 valence electrons. The minimum absolute atomic E-state index is 0.0163. The maximum Gasteiger partial charge on any atom is 0.248 e. The number of ether oxygens (including phenoxy) is 1. The number of benzene rings is 2. The van der Waals surface area contributed by atoms with E-state index < -0.39 is 17.6 Å². The van der Waals surface area contributed by atoms with Gasteiger partial charge < -0.3 is 10.1 Å². The Balaban J connectivity index is 1.36. The summed E-state index contributed by atoms with van der Waals surface area (Å²) in [6.45, 7) is 0.880. The Morgan fingerprint density at radius 2 is 1.71 bits per heavy atom. The van der Waals surface area contributed by atoms with Gasteiger partial charge in [0.25, 0.3) is 0 Å². The van der Waals surface area contributed by atoms with Crippen LogP contribution in [0.3, 0.4) is 0 Å². The molecule has 1 N–H and O–H groups in total. The number of amides is 1. The fraction of sp³-hybridized carbons (Fsp3) is 0.400. The number of alkyl halides is 2. The molecule has 0 aliphatic heterocycles. The fourth-order valence-corrected chi connectivity index (χ4v) is 5.19. The molecule has 0 atom stereocenters. The lowest BCUT2D eigenvalue weighted by atomic mass is 9.83. The van der Waals surface area contributed by atoms with Gasteiger partial charge in [-0.15, -0.1) is 0 Å². The summed E-state index contributed by atoms with van der Waals surface area (Å²) in [6.07, 6.45) is 3.16. The minimum atomic E-state index is -2.73. The maximum atomic E-state index is 14.8. The zero-order valence-electron chi connectivity index (χ0n) is 21.0. The van der Waals surface area contributed by atoms with Crippen molar-refractivity contribution in [2.45, 2.75) is 63.4 Å². The van der Waals surface area contributed by atoms with Crippen LogP contribution in [0.4, 0.5) is 23.2 Å². The molecule has 2 aliphatic carbocycles. The number of carbonyl (C=O) groups is 1. The number of nitrogens with one attached hydrogen (secondary N) is 1. The fourth-order valence-electron chi connectivity index (χ4n) is 5.19. The summed E-state index contributed by atoms with van der Waals surface area (Å²) in [6, 6.07) is 14.4. The lowest BCUT2D eigenvalue weighted by Crippen LogP contribution is -2.26. The molecule has 2 aromatic carbocycles. The summed E-state index contributed by atoms with van der Waals surface area (Å²) in [4.78, 5) is 17.7. The third-order valence-corrected chi connectivity index (χ3v) is 7.58. The van der Waals surface area contributed by atoms with Gasteiger partial charge >= 0.3 is 0 Å². The maximum absolute atomic E-state index is 14.8. The van der Waals surface area contributed by atoms with Crippen molar-refractivity contribution in [2.24, 2.45) is 5.41 Å². The van der Waals surface area contributed by atoms with E-state index in [4.69, 9.17) is 4.74 Å². The third kappa shape index (κ3) is 6.23. The SMILES string of the molecule is O=C(CC1(COCc2ccccc2)CC1)Nc1c(-c2cc(F)ccc2F)ccnc1C1CCC(F)(F)CC1. The normalized spacial score (nSPS) is 18.2. The zero-order valence-corrected chi connectivity index (χ0v) is 21.0. The number of nitrogens with zero attached hydrogens (tertiary/aromatic N) is 1. The van der Waals surface area contributed by atoms with Gasteiger partial charge in [-0.1, -0.05) is 30.3 Å². The average Bonchev–Trinajstić information content (AvgIpc) is 3.65. The zero-order chi connectivity index (χ0) is 26.8. The van der Waals surface area contributed by atoms with E-state index >= 15 is 0 Å². The van der Waals surface area contributed by atoms with Gasteiger partial charge in [0.05, 0.1) is 24.6 Å². The molecule has 2 saturated carbocycles. The lowest BCUT2D eigenvalue weighted by molar-refractivity contribution is -0.118. The summed E-state index contributed by atoms with van der Waals surface area (Å²) >= 11 is 0. The molecule has 3 aromatic rings. The van der Waals surface area contributed by atoms with E-state index in [2.05, 4.69) is 10.3 Å². The molecule has 0 saturated heterocycles. The van der Waals surface area contributed by atoms with Gasteiger partial charge in [0.1, 0.15) is 11.6 Å². The van der Waals surface area contributed by atoms with E-state index in [1.807, 2.05) is 30.3 Å². The molecular weight excluding hydrogens is 496 g/mol. The van der Waals surface area contributed by atoms with Gasteiger partial charge in [0.2, 0.25) is 11.8 Å². The topological polar surface area (TPSA) is 51.2 Å². The van der Waals surface area contributed by atoms with Crippen LogP contribution < -0.4 is 5.32 Å². The summed E-state index contributed by atoms with van der Waals surface area (Å²) < 4.78 is 62.5. The number of anilines is 1. The van der Waals surface area contributed by atoms with E-state index in [9.17, 15) is 22.4 Å². The van der Waals surface area contributed by atoms with Crippen molar-refractivity contribution in [1.82, 2.24) is 4.98 Å². The second kappa shape index (κ2) is 10.8. The van der Waals surface area contributed by atoms with Crippen LogP contribution in [0, 0.1) is 17.0 Å². The molecule has 0 bridgehead atoms. The van der Waals surface area contributed by atoms with Crippen molar-refractivity contribution >= 4 is 11.6 Å². The highest BCUT2D eigenvalue weighted by Crippen LogP contribution is 2.50. The van der Waals surface area contributed by atoms with Gasteiger partial charge in [-0.05, 0) is 55.5 Å². The highest BCUT2D eigenvalue weighted by Gasteiger charge is 2.45. The number of rotatable bonds is 9.